The van der Waals surface area contributed by atoms with Gasteiger partial charge in [-0.3, -0.25) is 0 Å². The van der Waals surface area contributed by atoms with Crippen LogP contribution in [0.3, 0.4) is 0 Å². The van der Waals surface area contributed by atoms with Crippen LogP contribution in [0.1, 0.15) is 49.2 Å². The molecule has 6 heteroatoms. The fraction of sp³-hybridized carbons (Fsp3) is 0.233. The SMILES string of the molecule is CC1=C(C)C(C)[C]([Ti+2]([NH]C(=O)c2cc(C)cc(C)c2)[SiH](c2ccccc2)c2ccccc2)=C1C.[Cl-].[Cl-]. The number of rotatable bonds is 6. The zero-order valence-electron chi connectivity index (χ0n) is 21.8. The molecule has 3 aromatic rings. The number of hydrogen-bond donors (Lipinski definition) is 1. The predicted octanol–water partition coefficient (Wildman–Crippen LogP) is -0.627. The van der Waals surface area contributed by atoms with Gasteiger partial charge in [0.15, 0.2) is 0 Å². The molecule has 187 valence electrons. The quantitative estimate of drug-likeness (QED) is 0.393. The van der Waals surface area contributed by atoms with Crippen molar-refractivity contribution in [3.8, 4) is 0 Å². The summed E-state index contributed by atoms with van der Waals surface area (Å²) in [5, 5.41) is 2.83. The van der Waals surface area contributed by atoms with Gasteiger partial charge in [-0.05, 0) is 0 Å². The molecule has 0 spiro atoms. The number of carbonyl (C=O) groups excluding carboxylic acids is 1. The third-order valence-electron chi connectivity index (χ3n) is 7.22. The predicted molar refractivity (Wildman–Crippen MR) is 143 cm³/mol. The number of amides is 1. The van der Waals surface area contributed by atoms with Gasteiger partial charge in [-0.15, -0.1) is 0 Å². The second-order valence-electron chi connectivity index (χ2n) is 9.57. The molecule has 3 aromatic carbocycles. The van der Waals surface area contributed by atoms with Crippen LogP contribution in [-0.4, -0.2) is 12.6 Å². The van der Waals surface area contributed by atoms with E-state index in [4.69, 9.17) is 0 Å². The first-order valence-electron chi connectivity index (χ1n) is 12.0. The van der Waals surface area contributed by atoms with Gasteiger partial charge in [0.05, 0.1) is 0 Å². The number of benzene rings is 3. The largest absolute Gasteiger partial charge is 1.00 e. The van der Waals surface area contributed by atoms with Crippen LogP contribution in [-0.2, 0) is 17.4 Å². The van der Waals surface area contributed by atoms with Crippen LogP contribution in [0.25, 0.3) is 0 Å². The number of nitrogens with one attached hydrogen (secondary N) is 1. The second kappa shape index (κ2) is 13.1. The Morgan fingerprint density at radius 1 is 0.750 bits per heavy atom. The molecule has 1 N–H and O–H groups in total. The summed E-state index contributed by atoms with van der Waals surface area (Å²) in [4.78, 5) is 13.8. The van der Waals surface area contributed by atoms with Gasteiger partial charge < -0.3 is 24.8 Å². The van der Waals surface area contributed by atoms with Gasteiger partial charge in [-0.2, -0.15) is 0 Å². The minimum Gasteiger partial charge on any atom is -1.00 e. The molecule has 0 heterocycles. The molecule has 0 radical (unpaired) electrons. The maximum Gasteiger partial charge on any atom is -1.00 e. The van der Waals surface area contributed by atoms with E-state index in [2.05, 4.69) is 112 Å². The fourth-order valence-electron chi connectivity index (χ4n) is 5.21. The Balaban J connectivity index is 0.00000228. The topological polar surface area (TPSA) is 29.1 Å². The number of halogens is 2. The van der Waals surface area contributed by atoms with Crippen molar-refractivity contribution in [1.82, 2.24) is 3.80 Å². The third kappa shape index (κ3) is 6.33. The van der Waals surface area contributed by atoms with Crippen LogP contribution in [0.4, 0.5) is 0 Å². The molecule has 0 fully saturated rings. The van der Waals surface area contributed by atoms with Crippen LogP contribution < -0.4 is 39.0 Å². The minimum absolute atomic E-state index is 0. The molecule has 0 aliphatic heterocycles. The van der Waals surface area contributed by atoms with Crippen molar-refractivity contribution >= 4 is 22.9 Å². The molecule has 0 saturated carbocycles. The number of aryl methyl sites for hydroxylation is 2. The molecule has 0 aromatic heterocycles. The van der Waals surface area contributed by atoms with Gasteiger partial charge in [0.2, 0.25) is 0 Å². The number of carbonyl (C=O) groups is 1. The van der Waals surface area contributed by atoms with Crippen LogP contribution in [0.2, 0.25) is 0 Å². The zero-order chi connectivity index (χ0) is 24.4. The average molecular weight is 571 g/mol. The third-order valence-corrected chi connectivity index (χ3v) is 20.5. The Bertz CT molecular complexity index is 1210. The van der Waals surface area contributed by atoms with Crippen LogP contribution >= 0.6 is 0 Å². The Hall–Kier alpha value is -1.88. The van der Waals surface area contributed by atoms with Crippen molar-refractivity contribution in [2.75, 3.05) is 0 Å². The first kappa shape index (κ1) is 30.3. The zero-order valence-corrected chi connectivity index (χ0v) is 26.1. The monoisotopic (exact) mass is 570 g/mol. The molecule has 1 aliphatic carbocycles. The molecule has 2 nitrogen and oxygen atoms in total. The van der Waals surface area contributed by atoms with Crippen molar-refractivity contribution < 1.29 is 47.0 Å². The van der Waals surface area contributed by atoms with Gasteiger partial charge in [0.25, 0.3) is 0 Å². The van der Waals surface area contributed by atoms with E-state index >= 15 is 0 Å². The van der Waals surface area contributed by atoms with E-state index < -0.39 is 24.0 Å². The maximum absolute atomic E-state index is 13.8. The van der Waals surface area contributed by atoms with E-state index in [1.165, 1.54) is 31.0 Å². The molecular formula is C30H34Cl2NOSiTi. The first-order valence-corrected chi connectivity index (χ1v) is 18.0. The molecule has 1 aliphatic rings. The van der Waals surface area contributed by atoms with Crippen molar-refractivity contribution in [3.63, 3.8) is 0 Å². The Morgan fingerprint density at radius 2 is 1.22 bits per heavy atom. The molecule has 4 rings (SSSR count). The van der Waals surface area contributed by atoms with Gasteiger partial charge in [-0.25, -0.2) is 0 Å². The summed E-state index contributed by atoms with van der Waals surface area (Å²) in [6, 6.07) is 28.1. The fourth-order valence-corrected chi connectivity index (χ4v) is 20.3. The van der Waals surface area contributed by atoms with E-state index in [1.54, 1.807) is 0 Å². The molecular weight excluding hydrogens is 537 g/mol. The standard InChI is InChI=1S/C12H11Si.C9H11NO.C9H13.2ClH.Ti/c1-3-7-11(8-4-1)13-12-9-5-2-6-10-12;1-6-3-7(2)5-8(4-6)9(10)11;1-6-5-7(2)9(4)8(6)3;;;/h1-10,13H;3-5H,1-2H3,(H2,10,11);6H,1-4H3;2*1H;/q;;;;;+3/p-3. The number of allylic oxidation sites excluding steroid dienone is 4. The summed E-state index contributed by atoms with van der Waals surface area (Å²) in [6.07, 6.45) is 0. The molecule has 1 unspecified atom stereocenters. The van der Waals surface area contributed by atoms with Crippen LogP contribution in [0.5, 0.6) is 0 Å². The van der Waals surface area contributed by atoms with Crippen LogP contribution in [0, 0.1) is 19.8 Å². The minimum atomic E-state index is -2.31. The maximum atomic E-state index is 13.8. The normalized spacial score (nSPS) is 14.9. The molecule has 36 heavy (non-hydrogen) atoms. The van der Waals surface area contributed by atoms with Gasteiger partial charge >= 0.3 is 213 Å². The van der Waals surface area contributed by atoms with Gasteiger partial charge in [0, 0.05) is 0 Å². The van der Waals surface area contributed by atoms with E-state index in [9.17, 15) is 4.79 Å². The molecule has 1 amide bonds. The van der Waals surface area contributed by atoms with E-state index in [1.807, 2.05) is 12.1 Å². The molecule has 0 bridgehead atoms. The van der Waals surface area contributed by atoms with Crippen molar-refractivity contribution in [2.24, 2.45) is 5.92 Å². The molecule has 0 saturated heterocycles. The second-order valence-corrected chi connectivity index (χ2v) is 19.4. The van der Waals surface area contributed by atoms with Crippen molar-refractivity contribution in [2.45, 2.75) is 41.5 Å². The Kier molecular flexibility index (Phi) is 11.0. The van der Waals surface area contributed by atoms with Crippen LogP contribution in [0.15, 0.2) is 99.5 Å². The summed E-state index contributed by atoms with van der Waals surface area (Å²) < 4.78 is 5.27. The number of hydrogen-bond acceptors (Lipinski definition) is 1. The van der Waals surface area contributed by atoms with E-state index in [-0.39, 0.29) is 30.7 Å². The van der Waals surface area contributed by atoms with Gasteiger partial charge in [-0.1, -0.05) is 0 Å². The summed E-state index contributed by atoms with van der Waals surface area (Å²) in [5.74, 6) is 0.470. The Labute approximate surface area is 236 Å². The van der Waals surface area contributed by atoms with E-state index in [0.29, 0.717) is 5.92 Å². The van der Waals surface area contributed by atoms with Crippen molar-refractivity contribution in [3.05, 3.63) is 116 Å². The summed E-state index contributed by atoms with van der Waals surface area (Å²) in [5.41, 5.74) is 7.30. The first-order chi connectivity index (χ1) is 16.3. The summed E-state index contributed by atoms with van der Waals surface area (Å²) in [7, 11) is 0. The summed E-state index contributed by atoms with van der Waals surface area (Å²) in [6.45, 7) is 11.5. The van der Waals surface area contributed by atoms with E-state index in [0.717, 1.165) is 16.7 Å². The average Bonchev–Trinajstić information content (AvgIpc) is 3.02. The summed E-state index contributed by atoms with van der Waals surface area (Å²) >= 11 is -2.31. The van der Waals surface area contributed by atoms with Crippen molar-refractivity contribution in [1.29, 1.82) is 0 Å². The Morgan fingerprint density at radius 3 is 1.64 bits per heavy atom. The van der Waals surface area contributed by atoms with Gasteiger partial charge in [0.1, 0.15) is 0 Å². The molecule has 1 atom stereocenters. The smallest absolute Gasteiger partial charge is 1.00 e.